The number of rotatable bonds is 5. The first kappa shape index (κ1) is 18.3. The molecule has 0 radical (unpaired) electrons. The van der Waals surface area contributed by atoms with Crippen LogP contribution in [-0.4, -0.2) is 21.3 Å². The van der Waals surface area contributed by atoms with E-state index in [1.165, 1.54) is 12.1 Å². The molecule has 0 aliphatic rings. The van der Waals surface area contributed by atoms with Gasteiger partial charge in [0.05, 0.1) is 16.0 Å². The number of phenolic OH excluding ortho intramolecular Hbond substituents is 1. The number of non-ortho nitro benzene ring substituents is 1. The fourth-order valence-corrected chi connectivity index (χ4v) is 3.37. The monoisotopic (exact) mass is 384 g/mol. The minimum absolute atomic E-state index is 0.0846. The van der Waals surface area contributed by atoms with E-state index in [1.54, 1.807) is 30.5 Å². The first-order valence-electron chi connectivity index (χ1n) is 8.95. The van der Waals surface area contributed by atoms with Crippen molar-refractivity contribution in [1.29, 1.82) is 0 Å². The smallest absolute Gasteiger partial charge is 0.270 e. The summed E-state index contributed by atoms with van der Waals surface area (Å²) in [5, 5.41) is 22.6. The van der Waals surface area contributed by atoms with Crippen LogP contribution in [0, 0.1) is 10.1 Å². The third-order valence-corrected chi connectivity index (χ3v) is 4.75. The highest BCUT2D eigenvalue weighted by atomic mass is 16.6. The molecule has 142 valence electrons. The van der Waals surface area contributed by atoms with Crippen LogP contribution in [-0.2, 0) is 6.42 Å². The number of para-hydroxylation sites is 1. The Kier molecular flexibility index (Phi) is 4.75. The van der Waals surface area contributed by atoms with Crippen molar-refractivity contribution in [3.05, 3.63) is 99.7 Å². The number of aromatic nitrogens is 1. The molecule has 0 spiro atoms. The molecule has 0 fully saturated rings. The Morgan fingerprint density at radius 3 is 2.62 bits per heavy atom. The summed E-state index contributed by atoms with van der Waals surface area (Å²) in [6, 6.07) is 19.2. The second-order valence-electron chi connectivity index (χ2n) is 6.72. The highest BCUT2D eigenvalue weighted by Gasteiger charge is 2.15. The Morgan fingerprint density at radius 1 is 1.00 bits per heavy atom. The molecule has 6 heteroatoms. The quantitative estimate of drug-likeness (QED) is 0.299. The second-order valence-corrected chi connectivity index (χ2v) is 6.72. The van der Waals surface area contributed by atoms with E-state index in [-0.39, 0.29) is 17.0 Å². The molecule has 1 heterocycles. The van der Waals surface area contributed by atoms with Crippen molar-refractivity contribution in [3.8, 4) is 16.9 Å². The number of hydrogen-bond acceptors (Lipinski definition) is 5. The highest BCUT2D eigenvalue weighted by molar-refractivity contribution is 5.87. The van der Waals surface area contributed by atoms with E-state index in [9.17, 15) is 20.0 Å². The zero-order valence-corrected chi connectivity index (χ0v) is 15.3. The SMILES string of the molecule is O=Cc1cc(Cc2cnc3ccccc3c2)cc(-c2cccc([N+](=O)[O-])c2)c1O. The van der Waals surface area contributed by atoms with Crippen molar-refractivity contribution in [2.75, 3.05) is 0 Å². The van der Waals surface area contributed by atoms with Gasteiger partial charge in [0.15, 0.2) is 6.29 Å². The molecule has 1 aromatic heterocycles. The number of phenols is 1. The third-order valence-electron chi connectivity index (χ3n) is 4.75. The minimum atomic E-state index is -0.494. The minimum Gasteiger partial charge on any atom is -0.507 e. The number of hydrogen-bond donors (Lipinski definition) is 1. The van der Waals surface area contributed by atoms with Crippen molar-refractivity contribution in [1.82, 2.24) is 4.98 Å². The summed E-state index contributed by atoms with van der Waals surface area (Å²) in [6.45, 7) is 0. The maximum Gasteiger partial charge on any atom is 0.270 e. The van der Waals surface area contributed by atoms with Gasteiger partial charge in [-0.15, -0.1) is 0 Å². The van der Waals surface area contributed by atoms with Gasteiger partial charge in [0.2, 0.25) is 0 Å². The van der Waals surface area contributed by atoms with Crippen molar-refractivity contribution >= 4 is 22.9 Å². The summed E-state index contributed by atoms with van der Waals surface area (Å²) in [7, 11) is 0. The predicted octanol–water partition coefficient (Wildman–Crippen LogP) is 4.92. The molecule has 6 nitrogen and oxygen atoms in total. The van der Waals surface area contributed by atoms with E-state index < -0.39 is 4.92 Å². The number of nitrogens with zero attached hydrogens (tertiary/aromatic N) is 2. The molecule has 0 saturated heterocycles. The van der Waals surface area contributed by atoms with Crippen LogP contribution >= 0.6 is 0 Å². The Labute approximate surface area is 166 Å². The second kappa shape index (κ2) is 7.52. The summed E-state index contributed by atoms with van der Waals surface area (Å²) in [5.74, 6) is -0.194. The van der Waals surface area contributed by atoms with Gasteiger partial charge < -0.3 is 5.11 Å². The van der Waals surface area contributed by atoms with Gasteiger partial charge in [0.25, 0.3) is 5.69 Å². The fourth-order valence-electron chi connectivity index (χ4n) is 3.37. The van der Waals surface area contributed by atoms with E-state index in [2.05, 4.69) is 4.98 Å². The van der Waals surface area contributed by atoms with Crippen LogP contribution in [0.4, 0.5) is 5.69 Å². The summed E-state index contributed by atoms with van der Waals surface area (Å²) in [4.78, 5) is 26.5. The lowest BCUT2D eigenvalue weighted by Gasteiger charge is -2.11. The van der Waals surface area contributed by atoms with Crippen molar-refractivity contribution in [3.63, 3.8) is 0 Å². The van der Waals surface area contributed by atoms with E-state index in [0.717, 1.165) is 22.0 Å². The highest BCUT2D eigenvalue weighted by Crippen LogP contribution is 2.35. The van der Waals surface area contributed by atoms with Gasteiger partial charge in [-0.2, -0.15) is 0 Å². The van der Waals surface area contributed by atoms with Gasteiger partial charge in [-0.3, -0.25) is 19.9 Å². The van der Waals surface area contributed by atoms with Gasteiger partial charge in [-0.1, -0.05) is 30.3 Å². The van der Waals surface area contributed by atoms with Crippen LogP contribution < -0.4 is 0 Å². The number of benzene rings is 3. The van der Waals surface area contributed by atoms with Gasteiger partial charge in [-0.25, -0.2) is 0 Å². The topological polar surface area (TPSA) is 93.3 Å². The Hall–Kier alpha value is -4.06. The van der Waals surface area contributed by atoms with Crippen LogP contribution in [0.15, 0.2) is 72.9 Å². The summed E-state index contributed by atoms with van der Waals surface area (Å²) >= 11 is 0. The normalized spacial score (nSPS) is 10.8. The number of aromatic hydroxyl groups is 1. The van der Waals surface area contributed by atoms with Gasteiger partial charge >= 0.3 is 0 Å². The van der Waals surface area contributed by atoms with Crippen LogP contribution in [0.3, 0.4) is 0 Å². The maximum absolute atomic E-state index is 11.5. The number of aldehydes is 1. The lowest BCUT2D eigenvalue weighted by Crippen LogP contribution is -1.95. The van der Waals surface area contributed by atoms with Gasteiger partial charge in [0, 0.05) is 29.3 Å². The lowest BCUT2D eigenvalue weighted by molar-refractivity contribution is -0.384. The van der Waals surface area contributed by atoms with E-state index >= 15 is 0 Å². The average Bonchev–Trinajstić information content (AvgIpc) is 2.74. The molecular weight excluding hydrogens is 368 g/mol. The van der Waals surface area contributed by atoms with Crippen molar-refractivity contribution < 1.29 is 14.8 Å². The molecule has 0 amide bonds. The average molecular weight is 384 g/mol. The summed E-state index contributed by atoms with van der Waals surface area (Å²) in [6.07, 6.45) is 2.86. The first-order chi connectivity index (χ1) is 14.0. The third kappa shape index (κ3) is 3.68. The van der Waals surface area contributed by atoms with Crippen molar-refractivity contribution in [2.45, 2.75) is 6.42 Å². The maximum atomic E-state index is 11.5. The zero-order chi connectivity index (χ0) is 20.4. The number of nitro benzene ring substituents is 1. The Morgan fingerprint density at radius 2 is 1.83 bits per heavy atom. The predicted molar refractivity (Wildman–Crippen MR) is 110 cm³/mol. The molecule has 0 aliphatic heterocycles. The number of nitro groups is 1. The van der Waals surface area contributed by atoms with Gasteiger partial charge in [0.1, 0.15) is 5.75 Å². The van der Waals surface area contributed by atoms with Crippen molar-refractivity contribution in [2.24, 2.45) is 0 Å². The van der Waals surface area contributed by atoms with Crippen LogP contribution in [0.2, 0.25) is 0 Å². The zero-order valence-electron chi connectivity index (χ0n) is 15.3. The molecule has 29 heavy (non-hydrogen) atoms. The molecule has 0 saturated carbocycles. The lowest BCUT2D eigenvalue weighted by atomic mass is 9.95. The standard InChI is InChI=1S/C23H16N2O4/c26-14-19-9-15(8-16-10-18-4-1-2-7-22(18)24-13-16)11-21(23(19)27)17-5-3-6-20(12-17)25(28)29/h1-7,9-14,27H,8H2. The number of pyridine rings is 1. The Bertz CT molecular complexity index is 1250. The first-order valence-corrected chi connectivity index (χ1v) is 8.95. The van der Waals surface area contributed by atoms with E-state index in [0.29, 0.717) is 23.8 Å². The van der Waals surface area contributed by atoms with Crippen LogP contribution in [0.1, 0.15) is 21.5 Å². The molecule has 0 atom stereocenters. The Balaban J connectivity index is 1.78. The number of fused-ring (bicyclic) bond motifs is 1. The molecule has 4 rings (SSSR count). The van der Waals surface area contributed by atoms with Crippen LogP contribution in [0.5, 0.6) is 5.75 Å². The molecule has 3 aromatic carbocycles. The van der Waals surface area contributed by atoms with E-state index in [4.69, 9.17) is 0 Å². The summed E-state index contributed by atoms with van der Waals surface area (Å²) in [5.41, 5.74) is 3.55. The molecule has 0 bridgehead atoms. The number of carbonyl (C=O) groups is 1. The molecular formula is C23H16N2O4. The van der Waals surface area contributed by atoms with E-state index in [1.807, 2.05) is 30.3 Å². The molecule has 4 aromatic rings. The van der Waals surface area contributed by atoms with Crippen LogP contribution in [0.25, 0.3) is 22.0 Å². The molecule has 0 unspecified atom stereocenters. The number of carbonyl (C=O) groups excluding carboxylic acids is 1. The summed E-state index contributed by atoms with van der Waals surface area (Å²) < 4.78 is 0. The fraction of sp³-hybridized carbons (Fsp3) is 0.0435. The van der Waals surface area contributed by atoms with Gasteiger partial charge in [-0.05, 0) is 47.4 Å². The molecule has 0 aliphatic carbocycles. The largest absolute Gasteiger partial charge is 0.507 e. The molecule has 1 N–H and O–H groups in total.